The molecule has 0 N–H and O–H groups in total. The number of likely N-dealkylation sites (tertiary alicyclic amines) is 1. The summed E-state index contributed by atoms with van der Waals surface area (Å²) in [5, 5.41) is 0. The molecule has 0 spiro atoms. The molecule has 1 saturated heterocycles. The molecule has 1 aliphatic heterocycles. The summed E-state index contributed by atoms with van der Waals surface area (Å²) in [5.41, 5.74) is 3.01. The minimum absolute atomic E-state index is 0.682. The van der Waals surface area contributed by atoms with Crippen LogP contribution < -0.4 is 0 Å². The van der Waals surface area contributed by atoms with Crippen molar-refractivity contribution in [3.05, 3.63) is 29.6 Å². The van der Waals surface area contributed by atoms with Crippen LogP contribution in [0.5, 0.6) is 0 Å². The average Bonchev–Trinajstić information content (AvgIpc) is 2.61. The molecule has 2 heteroatoms. The van der Waals surface area contributed by atoms with Gasteiger partial charge < -0.3 is 0 Å². The van der Waals surface area contributed by atoms with Crippen LogP contribution in [0.3, 0.4) is 0 Å². The second-order valence-electron chi connectivity index (χ2n) is 4.59. The van der Waals surface area contributed by atoms with Crippen LogP contribution in [0, 0.1) is 5.92 Å². The first-order valence-electron chi connectivity index (χ1n) is 5.49. The van der Waals surface area contributed by atoms with E-state index in [1.807, 2.05) is 6.20 Å². The summed E-state index contributed by atoms with van der Waals surface area (Å²) in [4.78, 5) is 6.72. The van der Waals surface area contributed by atoms with Gasteiger partial charge in [-0.15, -0.1) is 0 Å². The van der Waals surface area contributed by atoms with Gasteiger partial charge in [0.25, 0.3) is 0 Å². The zero-order chi connectivity index (χ0) is 9.54. The molecule has 1 aliphatic carbocycles. The van der Waals surface area contributed by atoms with Crippen LogP contribution in [-0.4, -0.2) is 23.5 Å². The molecule has 2 unspecified atom stereocenters. The quantitative estimate of drug-likeness (QED) is 0.619. The van der Waals surface area contributed by atoms with Gasteiger partial charge in [-0.05, 0) is 56.0 Å². The van der Waals surface area contributed by atoms with Gasteiger partial charge in [-0.1, -0.05) is 0 Å². The zero-order valence-corrected chi connectivity index (χ0v) is 8.61. The molecular formula is C12H16N2. The van der Waals surface area contributed by atoms with Gasteiger partial charge in [0.2, 0.25) is 0 Å². The van der Waals surface area contributed by atoms with Crippen molar-refractivity contribution in [3.8, 4) is 0 Å². The molecule has 1 fully saturated rings. The maximum Gasteiger partial charge on any atom is 0.0377 e. The third kappa shape index (κ3) is 1.10. The van der Waals surface area contributed by atoms with Crippen molar-refractivity contribution >= 4 is 0 Å². The molecule has 1 aromatic heterocycles. The Kier molecular flexibility index (Phi) is 1.84. The summed E-state index contributed by atoms with van der Waals surface area (Å²) in [6, 6.07) is 2.90. The van der Waals surface area contributed by atoms with E-state index in [9.17, 15) is 0 Å². The van der Waals surface area contributed by atoms with E-state index in [-0.39, 0.29) is 0 Å². The van der Waals surface area contributed by atoms with E-state index in [1.54, 1.807) is 0 Å². The highest BCUT2D eigenvalue weighted by molar-refractivity contribution is 5.31. The molecule has 74 valence electrons. The monoisotopic (exact) mass is 188 g/mol. The number of pyridine rings is 1. The van der Waals surface area contributed by atoms with E-state index in [2.05, 4.69) is 29.2 Å². The number of rotatable bonds is 0. The van der Waals surface area contributed by atoms with Crippen LogP contribution >= 0.6 is 0 Å². The van der Waals surface area contributed by atoms with Crippen LogP contribution in [0.25, 0.3) is 0 Å². The summed E-state index contributed by atoms with van der Waals surface area (Å²) in [6.45, 7) is 1.26. The number of nitrogens with zero attached hydrogens (tertiary/aromatic N) is 2. The molecule has 0 bridgehead atoms. The zero-order valence-electron chi connectivity index (χ0n) is 8.61. The molecule has 3 rings (SSSR count). The van der Waals surface area contributed by atoms with Crippen molar-refractivity contribution in [3.63, 3.8) is 0 Å². The second-order valence-corrected chi connectivity index (χ2v) is 4.59. The number of aromatic nitrogens is 1. The molecule has 0 aromatic carbocycles. The summed E-state index contributed by atoms with van der Waals surface area (Å²) in [7, 11) is 2.25. The van der Waals surface area contributed by atoms with Crippen LogP contribution in [0.4, 0.5) is 0 Å². The Labute approximate surface area is 85.0 Å². The predicted octanol–water partition coefficient (Wildman–Crippen LogP) is 2.02. The first-order valence-corrected chi connectivity index (χ1v) is 5.49. The minimum Gasteiger partial charge on any atom is -0.299 e. The third-order valence-corrected chi connectivity index (χ3v) is 3.82. The molecule has 2 aliphatic rings. The highest BCUT2D eigenvalue weighted by Gasteiger charge is 2.36. The summed E-state index contributed by atoms with van der Waals surface area (Å²) in [5.74, 6) is 0.898. The Morgan fingerprint density at radius 1 is 1.43 bits per heavy atom. The van der Waals surface area contributed by atoms with Crippen LogP contribution in [-0.2, 0) is 6.42 Å². The molecular weight excluding hydrogens is 172 g/mol. The van der Waals surface area contributed by atoms with Gasteiger partial charge >= 0.3 is 0 Å². The van der Waals surface area contributed by atoms with Crippen molar-refractivity contribution in [2.24, 2.45) is 5.92 Å². The van der Waals surface area contributed by atoms with Crippen LogP contribution in [0.1, 0.15) is 30.0 Å². The fraction of sp³-hybridized carbons (Fsp3) is 0.583. The van der Waals surface area contributed by atoms with E-state index in [4.69, 9.17) is 0 Å². The second kappa shape index (κ2) is 3.06. The molecule has 0 amide bonds. The Balaban J connectivity index is 2.07. The maximum absolute atomic E-state index is 4.22. The number of aryl methyl sites for hydroxylation is 1. The largest absolute Gasteiger partial charge is 0.299 e. The molecule has 2 atom stereocenters. The summed E-state index contributed by atoms with van der Waals surface area (Å²) < 4.78 is 0. The van der Waals surface area contributed by atoms with Crippen LogP contribution in [0.2, 0.25) is 0 Å². The SMILES string of the molecule is CN1CCC2CCc3cnccc3C21. The fourth-order valence-corrected chi connectivity index (χ4v) is 3.10. The third-order valence-electron chi connectivity index (χ3n) is 3.82. The molecule has 14 heavy (non-hydrogen) atoms. The molecule has 1 aromatic rings. The van der Waals surface area contributed by atoms with E-state index < -0.39 is 0 Å². The lowest BCUT2D eigenvalue weighted by molar-refractivity contribution is 0.257. The molecule has 0 radical (unpaired) electrons. The molecule has 2 heterocycles. The Bertz CT molecular complexity index is 348. The standard InChI is InChI=1S/C12H16N2/c1-14-7-5-9-2-3-10-8-13-6-4-11(10)12(9)14/h4,6,8-9,12H,2-3,5,7H2,1H3. The smallest absolute Gasteiger partial charge is 0.0377 e. The van der Waals surface area contributed by atoms with Crippen molar-refractivity contribution in [2.75, 3.05) is 13.6 Å². The molecule has 2 nitrogen and oxygen atoms in total. The van der Waals surface area contributed by atoms with Gasteiger partial charge in [0, 0.05) is 18.4 Å². The lowest BCUT2D eigenvalue weighted by atomic mass is 9.81. The first kappa shape index (κ1) is 8.42. The van der Waals surface area contributed by atoms with Gasteiger partial charge in [0.05, 0.1) is 0 Å². The highest BCUT2D eigenvalue weighted by atomic mass is 15.2. The predicted molar refractivity (Wildman–Crippen MR) is 56.0 cm³/mol. The fourth-order valence-electron chi connectivity index (χ4n) is 3.10. The first-order chi connectivity index (χ1) is 6.86. The van der Waals surface area contributed by atoms with Crippen molar-refractivity contribution in [2.45, 2.75) is 25.3 Å². The summed E-state index contributed by atoms with van der Waals surface area (Å²) in [6.07, 6.45) is 7.96. The topological polar surface area (TPSA) is 16.1 Å². The van der Waals surface area contributed by atoms with Gasteiger partial charge in [-0.25, -0.2) is 0 Å². The van der Waals surface area contributed by atoms with E-state index in [0.29, 0.717) is 6.04 Å². The molecule has 0 saturated carbocycles. The Morgan fingerprint density at radius 2 is 2.36 bits per heavy atom. The van der Waals surface area contributed by atoms with E-state index in [1.165, 1.54) is 36.9 Å². The maximum atomic E-state index is 4.22. The highest BCUT2D eigenvalue weighted by Crippen LogP contribution is 2.43. The normalized spacial score (nSPS) is 31.2. The van der Waals surface area contributed by atoms with Crippen molar-refractivity contribution < 1.29 is 0 Å². The van der Waals surface area contributed by atoms with E-state index >= 15 is 0 Å². The Hall–Kier alpha value is -0.890. The van der Waals surface area contributed by atoms with Crippen molar-refractivity contribution in [1.82, 2.24) is 9.88 Å². The minimum atomic E-state index is 0.682. The summed E-state index contributed by atoms with van der Waals surface area (Å²) >= 11 is 0. The van der Waals surface area contributed by atoms with Gasteiger partial charge in [-0.2, -0.15) is 0 Å². The lowest BCUT2D eigenvalue weighted by Crippen LogP contribution is -2.25. The van der Waals surface area contributed by atoms with Crippen molar-refractivity contribution in [1.29, 1.82) is 0 Å². The van der Waals surface area contributed by atoms with E-state index in [0.717, 1.165) is 5.92 Å². The number of hydrogen-bond acceptors (Lipinski definition) is 2. The number of hydrogen-bond donors (Lipinski definition) is 0. The van der Waals surface area contributed by atoms with Gasteiger partial charge in [0.15, 0.2) is 0 Å². The van der Waals surface area contributed by atoms with Crippen LogP contribution in [0.15, 0.2) is 18.5 Å². The average molecular weight is 188 g/mol. The number of fused-ring (bicyclic) bond motifs is 3. The van der Waals surface area contributed by atoms with Gasteiger partial charge in [0.1, 0.15) is 0 Å². The Morgan fingerprint density at radius 3 is 3.29 bits per heavy atom. The lowest BCUT2D eigenvalue weighted by Gasteiger charge is -2.31. The van der Waals surface area contributed by atoms with Gasteiger partial charge in [-0.3, -0.25) is 9.88 Å².